The molecular weight excluding hydrogens is 464 g/mol. The van der Waals surface area contributed by atoms with Crippen molar-refractivity contribution in [1.82, 2.24) is 15.2 Å². The Kier molecular flexibility index (Phi) is 5.70. The standard InChI is InChI=1S/C25H21BrN6/c26-20-5-3-4-18(14-20)15-23-21-6-1-2-7-22(21)25(30-29-23)32-12-10-31(11-13-32)24-9-8-19(16-27)17-28-24/h1-9,14,17H,10-13,15H2. The van der Waals surface area contributed by atoms with Crippen LogP contribution in [-0.4, -0.2) is 41.4 Å². The lowest BCUT2D eigenvalue weighted by atomic mass is 10.0. The van der Waals surface area contributed by atoms with E-state index in [1.807, 2.05) is 24.3 Å². The normalized spacial score (nSPS) is 13.9. The van der Waals surface area contributed by atoms with Gasteiger partial charge in [-0.15, -0.1) is 5.10 Å². The van der Waals surface area contributed by atoms with E-state index in [4.69, 9.17) is 5.26 Å². The summed E-state index contributed by atoms with van der Waals surface area (Å²) in [7, 11) is 0. The monoisotopic (exact) mass is 484 g/mol. The van der Waals surface area contributed by atoms with Crippen LogP contribution in [0.25, 0.3) is 10.8 Å². The Bertz CT molecular complexity index is 1290. The van der Waals surface area contributed by atoms with Gasteiger partial charge in [-0.1, -0.05) is 52.3 Å². The maximum Gasteiger partial charge on any atom is 0.159 e. The summed E-state index contributed by atoms with van der Waals surface area (Å²) in [5.41, 5.74) is 2.77. The van der Waals surface area contributed by atoms with E-state index in [-0.39, 0.29) is 0 Å². The van der Waals surface area contributed by atoms with E-state index in [1.165, 1.54) is 5.56 Å². The van der Waals surface area contributed by atoms with Crippen LogP contribution in [0, 0.1) is 11.3 Å². The van der Waals surface area contributed by atoms with Gasteiger partial charge in [0, 0.05) is 54.0 Å². The van der Waals surface area contributed by atoms with Crippen molar-refractivity contribution < 1.29 is 0 Å². The predicted molar refractivity (Wildman–Crippen MR) is 130 cm³/mol. The van der Waals surface area contributed by atoms with Crippen LogP contribution in [-0.2, 0) is 6.42 Å². The Hall–Kier alpha value is -3.50. The molecule has 2 aromatic carbocycles. The fourth-order valence-corrected chi connectivity index (χ4v) is 4.58. The molecule has 0 aliphatic carbocycles. The highest BCUT2D eigenvalue weighted by atomic mass is 79.9. The summed E-state index contributed by atoms with van der Waals surface area (Å²) in [5, 5.41) is 20.6. The Balaban J connectivity index is 1.37. The average Bonchev–Trinajstić information content (AvgIpc) is 2.85. The zero-order valence-corrected chi connectivity index (χ0v) is 19.0. The van der Waals surface area contributed by atoms with Crippen molar-refractivity contribution in [2.45, 2.75) is 6.42 Å². The lowest BCUT2D eigenvalue weighted by Gasteiger charge is -2.36. The molecule has 158 valence electrons. The van der Waals surface area contributed by atoms with Gasteiger partial charge in [0.25, 0.3) is 0 Å². The van der Waals surface area contributed by atoms with E-state index in [9.17, 15) is 0 Å². The number of benzene rings is 2. The molecule has 0 unspecified atom stereocenters. The summed E-state index contributed by atoms with van der Waals surface area (Å²) in [4.78, 5) is 8.98. The third-order valence-electron chi connectivity index (χ3n) is 5.79. The fourth-order valence-electron chi connectivity index (χ4n) is 4.14. The van der Waals surface area contributed by atoms with Gasteiger partial charge < -0.3 is 9.80 Å². The molecule has 0 spiro atoms. The quantitative estimate of drug-likeness (QED) is 0.422. The smallest absolute Gasteiger partial charge is 0.159 e. The van der Waals surface area contributed by atoms with E-state index in [1.54, 1.807) is 6.20 Å². The number of piperazine rings is 1. The first kappa shape index (κ1) is 20.4. The lowest BCUT2D eigenvalue weighted by Crippen LogP contribution is -2.47. The molecule has 0 radical (unpaired) electrons. The topological polar surface area (TPSA) is 68.9 Å². The first-order valence-electron chi connectivity index (χ1n) is 10.6. The molecule has 5 rings (SSSR count). The molecule has 1 fully saturated rings. The minimum Gasteiger partial charge on any atom is -0.353 e. The largest absolute Gasteiger partial charge is 0.353 e. The van der Waals surface area contributed by atoms with Crippen LogP contribution in [0.4, 0.5) is 11.6 Å². The van der Waals surface area contributed by atoms with Gasteiger partial charge in [-0.3, -0.25) is 0 Å². The summed E-state index contributed by atoms with van der Waals surface area (Å²) < 4.78 is 1.07. The second-order valence-electron chi connectivity index (χ2n) is 7.81. The van der Waals surface area contributed by atoms with Crippen LogP contribution in [0.1, 0.15) is 16.8 Å². The van der Waals surface area contributed by atoms with Gasteiger partial charge in [-0.25, -0.2) is 4.98 Å². The first-order chi connectivity index (χ1) is 15.7. The molecule has 1 aliphatic rings. The molecule has 2 aromatic heterocycles. The molecule has 0 saturated carbocycles. The van der Waals surface area contributed by atoms with Crippen molar-refractivity contribution in [2.24, 2.45) is 0 Å². The van der Waals surface area contributed by atoms with Crippen LogP contribution < -0.4 is 9.80 Å². The fraction of sp³-hybridized carbons (Fsp3) is 0.200. The molecule has 1 saturated heterocycles. The Morgan fingerprint density at radius 3 is 2.38 bits per heavy atom. The van der Waals surface area contributed by atoms with Crippen molar-refractivity contribution >= 4 is 38.3 Å². The van der Waals surface area contributed by atoms with Crippen molar-refractivity contribution in [3.63, 3.8) is 0 Å². The highest BCUT2D eigenvalue weighted by molar-refractivity contribution is 9.10. The van der Waals surface area contributed by atoms with Crippen molar-refractivity contribution in [1.29, 1.82) is 5.26 Å². The summed E-state index contributed by atoms with van der Waals surface area (Å²) in [5.74, 6) is 1.84. The van der Waals surface area contributed by atoms with Crippen molar-refractivity contribution in [3.8, 4) is 6.07 Å². The number of halogens is 1. The van der Waals surface area contributed by atoms with E-state index < -0.39 is 0 Å². The van der Waals surface area contributed by atoms with E-state index >= 15 is 0 Å². The number of pyridine rings is 1. The number of hydrogen-bond donors (Lipinski definition) is 0. The molecule has 6 nitrogen and oxygen atoms in total. The van der Waals surface area contributed by atoms with Crippen LogP contribution in [0.5, 0.6) is 0 Å². The summed E-state index contributed by atoms with van der Waals surface area (Å²) in [6.07, 6.45) is 2.37. The number of anilines is 2. The molecule has 0 atom stereocenters. The SMILES string of the molecule is N#Cc1ccc(N2CCN(c3nnc(Cc4cccc(Br)c4)c4ccccc34)CC2)nc1. The predicted octanol–water partition coefficient (Wildman–Crippen LogP) is 4.58. The second-order valence-corrected chi connectivity index (χ2v) is 8.73. The zero-order chi connectivity index (χ0) is 21.9. The minimum atomic E-state index is 0.581. The molecule has 0 bridgehead atoms. The van der Waals surface area contributed by atoms with Crippen LogP contribution in [0.3, 0.4) is 0 Å². The maximum atomic E-state index is 8.98. The number of rotatable bonds is 4. The van der Waals surface area contributed by atoms with Gasteiger partial charge in [0.15, 0.2) is 5.82 Å². The number of aromatic nitrogens is 3. The molecule has 32 heavy (non-hydrogen) atoms. The van der Waals surface area contributed by atoms with Gasteiger partial charge in [-0.2, -0.15) is 10.4 Å². The number of hydrogen-bond acceptors (Lipinski definition) is 6. The number of nitriles is 1. The molecule has 3 heterocycles. The van der Waals surface area contributed by atoms with Gasteiger partial charge >= 0.3 is 0 Å². The van der Waals surface area contributed by atoms with Gasteiger partial charge in [0.1, 0.15) is 11.9 Å². The summed E-state index contributed by atoms with van der Waals surface area (Å²) >= 11 is 3.55. The van der Waals surface area contributed by atoms with Crippen molar-refractivity contribution in [3.05, 3.63) is 88.2 Å². The molecule has 1 aliphatic heterocycles. The minimum absolute atomic E-state index is 0.581. The van der Waals surface area contributed by atoms with E-state index in [0.717, 1.165) is 65.2 Å². The molecule has 0 amide bonds. The van der Waals surface area contributed by atoms with Gasteiger partial charge in [-0.05, 0) is 29.8 Å². The van der Waals surface area contributed by atoms with Gasteiger partial charge in [0.2, 0.25) is 0 Å². The van der Waals surface area contributed by atoms with Crippen LogP contribution in [0.15, 0.2) is 71.3 Å². The lowest BCUT2D eigenvalue weighted by molar-refractivity contribution is 0.639. The Morgan fingerprint density at radius 2 is 1.66 bits per heavy atom. The second kappa shape index (κ2) is 8.93. The number of nitrogens with zero attached hydrogens (tertiary/aromatic N) is 6. The van der Waals surface area contributed by atoms with E-state index in [2.05, 4.69) is 83.4 Å². The third kappa shape index (κ3) is 4.14. The van der Waals surface area contributed by atoms with E-state index in [0.29, 0.717) is 5.56 Å². The summed E-state index contributed by atoms with van der Waals surface area (Å²) in [6, 6.07) is 22.6. The van der Waals surface area contributed by atoms with Crippen molar-refractivity contribution in [2.75, 3.05) is 36.0 Å². The Labute approximate surface area is 195 Å². The first-order valence-corrected chi connectivity index (χ1v) is 11.4. The number of fused-ring (bicyclic) bond motifs is 1. The zero-order valence-electron chi connectivity index (χ0n) is 17.4. The maximum absolute atomic E-state index is 8.98. The Morgan fingerprint density at radius 1 is 0.875 bits per heavy atom. The van der Waals surface area contributed by atoms with Crippen LogP contribution >= 0.6 is 15.9 Å². The molecule has 4 aromatic rings. The molecule has 0 N–H and O–H groups in total. The highest BCUT2D eigenvalue weighted by Gasteiger charge is 2.22. The molecule has 7 heteroatoms. The molecular formula is C25H21BrN6. The van der Waals surface area contributed by atoms with Crippen LogP contribution in [0.2, 0.25) is 0 Å². The average molecular weight is 485 g/mol. The summed E-state index contributed by atoms with van der Waals surface area (Å²) in [6.45, 7) is 3.36. The third-order valence-corrected chi connectivity index (χ3v) is 6.28. The van der Waals surface area contributed by atoms with Gasteiger partial charge in [0.05, 0.1) is 11.3 Å². The highest BCUT2D eigenvalue weighted by Crippen LogP contribution is 2.28.